The minimum Gasteiger partial charge on any atom is -0.394 e. The number of carbonyl (C=O) groups excluding carboxylic acids is 1. The van der Waals surface area contributed by atoms with Crippen LogP contribution in [0, 0.1) is 0 Å². The fraction of sp³-hybridized carbons (Fsp3) is 0.462. The van der Waals surface area contributed by atoms with E-state index in [2.05, 4.69) is 5.32 Å². The summed E-state index contributed by atoms with van der Waals surface area (Å²) in [5, 5.41) is 11.8. The molecule has 0 saturated carbocycles. The number of rotatable bonds is 5. The first-order valence-corrected chi connectivity index (χ1v) is 5.67. The van der Waals surface area contributed by atoms with E-state index in [0.717, 1.165) is 5.56 Å². The molecule has 0 saturated heterocycles. The zero-order valence-corrected chi connectivity index (χ0v) is 10.3. The Kier molecular flexibility index (Phi) is 4.66. The molecular formula is C13H20N2O2. The van der Waals surface area contributed by atoms with Gasteiger partial charge in [-0.1, -0.05) is 30.3 Å². The second-order valence-corrected chi connectivity index (χ2v) is 4.83. The van der Waals surface area contributed by atoms with Gasteiger partial charge >= 0.3 is 0 Å². The Labute approximate surface area is 102 Å². The first-order valence-electron chi connectivity index (χ1n) is 5.67. The van der Waals surface area contributed by atoms with Crippen LogP contribution in [0.2, 0.25) is 0 Å². The van der Waals surface area contributed by atoms with Gasteiger partial charge < -0.3 is 16.2 Å². The summed E-state index contributed by atoms with van der Waals surface area (Å²) in [6.45, 7) is 3.39. The topological polar surface area (TPSA) is 75.3 Å². The smallest absolute Gasteiger partial charge is 0.237 e. The Morgan fingerprint density at radius 2 is 2.00 bits per heavy atom. The first-order chi connectivity index (χ1) is 7.94. The molecular weight excluding hydrogens is 216 g/mol. The number of carbonyl (C=O) groups is 1. The van der Waals surface area contributed by atoms with Crippen molar-refractivity contribution >= 4 is 5.91 Å². The second-order valence-electron chi connectivity index (χ2n) is 4.83. The molecule has 4 nitrogen and oxygen atoms in total. The van der Waals surface area contributed by atoms with Crippen molar-refractivity contribution in [1.82, 2.24) is 5.32 Å². The molecule has 1 atom stereocenters. The summed E-state index contributed by atoms with van der Waals surface area (Å²) in [6.07, 6.45) is 0.494. The molecule has 0 radical (unpaired) electrons. The van der Waals surface area contributed by atoms with Crippen molar-refractivity contribution in [2.75, 3.05) is 6.61 Å². The van der Waals surface area contributed by atoms with E-state index in [1.54, 1.807) is 13.8 Å². The van der Waals surface area contributed by atoms with Crippen LogP contribution in [0.4, 0.5) is 0 Å². The highest BCUT2D eigenvalue weighted by Crippen LogP contribution is 2.04. The summed E-state index contributed by atoms with van der Waals surface area (Å²) in [5.41, 5.74) is 6.21. The summed E-state index contributed by atoms with van der Waals surface area (Å²) in [4.78, 5) is 11.8. The molecule has 17 heavy (non-hydrogen) atoms. The Morgan fingerprint density at radius 3 is 2.53 bits per heavy atom. The van der Waals surface area contributed by atoms with Crippen molar-refractivity contribution in [3.63, 3.8) is 0 Å². The van der Waals surface area contributed by atoms with Crippen LogP contribution in [-0.2, 0) is 11.2 Å². The van der Waals surface area contributed by atoms with Gasteiger partial charge in [0, 0.05) is 0 Å². The van der Waals surface area contributed by atoms with Crippen molar-refractivity contribution in [3.8, 4) is 0 Å². The normalized spacial score (nSPS) is 13.2. The quantitative estimate of drug-likeness (QED) is 0.694. The number of amides is 1. The second kappa shape index (κ2) is 5.80. The van der Waals surface area contributed by atoms with E-state index in [4.69, 9.17) is 10.8 Å². The van der Waals surface area contributed by atoms with Crippen molar-refractivity contribution in [2.24, 2.45) is 5.73 Å². The fourth-order valence-corrected chi connectivity index (χ4v) is 1.43. The van der Waals surface area contributed by atoms with Crippen LogP contribution in [0.3, 0.4) is 0 Å². The lowest BCUT2D eigenvalue weighted by atomic mass is 10.0. The molecule has 0 aliphatic rings. The lowest BCUT2D eigenvalue weighted by Gasteiger charge is -2.25. The average Bonchev–Trinajstić information content (AvgIpc) is 2.30. The molecule has 1 rings (SSSR count). The first kappa shape index (κ1) is 13.7. The predicted octanol–water partition coefficient (Wildman–Crippen LogP) is 0.444. The summed E-state index contributed by atoms with van der Waals surface area (Å²) < 4.78 is 0. The summed E-state index contributed by atoms with van der Waals surface area (Å²) in [5.74, 6) is -0.243. The average molecular weight is 236 g/mol. The Balaban J connectivity index is 2.54. The lowest BCUT2D eigenvalue weighted by Crippen LogP contribution is -2.52. The van der Waals surface area contributed by atoms with Crippen molar-refractivity contribution in [1.29, 1.82) is 0 Å². The van der Waals surface area contributed by atoms with Crippen LogP contribution in [0.5, 0.6) is 0 Å². The van der Waals surface area contributed by atoms with Gasteiger partial charge in [0.1, 0.15) is 0 Å². The number of aliphatic hydroxyl groups excluding tert-OH is 1. The highest BCUT2D eigenvalue weighted by atomic mass is 16.3. The van der Waals surface area contributed by atoms with Crippen LogP contribution >= 0.6 is 0 Å². The Hall–Kier alpha value is -1.39. The molecule has 1 amide bonds. The van der Waals surface area contributed by atoms with Gasteiger partial charge in [0.05, 0.1) is 18.2 Å². The SMILES string of the molecule is CC(C)(CO)NC(=O)C(N)Cc1ccccc1. The monoisotopic (exact) mass is 236 g/mol. The molecule has 1 aromatic carbocycles. The van der Waals surface area contributed by atoms with Crippen LogP contribution in [0.25, 0.3) is 0 Å². The van der Waals surface area contributed by atoms with Gasteiger partial charge in [-0.05, 0) is 25.8 Å². The molecule has 4 heteroatoms. The number of nitrogens with two attached hydrogens (primary N) is 1. The van der Waals surface area contributed by atoms with Gasteiger partial charge in [-0.25, -0.2) is 0 Å². The minimum atomic E-state index is -0.634. The van der Waals surface area contributed by atoms with Crippen molar-refractivity contribution in [3.05, 3.63) is 35.9 Å². The largest absolute Gasteiger partial charge is 0.394 e. The number of aliphatic hydroxyl groups is 1. The molecule has 0 aliphatic carbocycles. The minimum absolute atomic E-state index is 0.114. The molecule has 1 aromatic rings. The third-order valence-electron chi connectivity index (χ3n) is 2.49. The van der Waals surface area contributed by atoms with Gasteiger partial charge in [0.25, 0.3) is 0 Å². The number of hydrogen-bond donors (Lipinski definition) is 3. The third kappa shape index (κ3) is 4.54. The van der Waals surface area contributed by atoms with Gasteiger partial charge in [-0.3, -0.25) is 4.79 Å². The van der Waals surface area contributed by atoms with E-state index in [0.29, 0.717) is 6.42 Å². The molecule has 94 valence electrons. The van der Waals surface area contributed by atoms with E-state index < -0.39 is 11.6 Å². The third-order valence-corrected chi connectivity index (χ3v) is 2.49. The van der Waals surface area contributed by atoms with Gasteiger partial charge in [0.2, 0.25) is 5.91 Å². The molecule has 0 fully saturated rings. The highest BCUT2D eigenvalue weighted by molar-refractivity contribution is 5.82. The van der Waals surface area contributed by atoms with Crippen molar-refractivity contribution in [2.45, 2.75) is 31.8 Å². The van der Waals surface area contributed by atoms with E-state index in [-0.39, 0.29) is 12.5 Å². The number of nitrogens with one attached hydrogen (secondary N) is 1. The number of benzene rings is 1. The van der Waals surface area contributed by atoms with Crippen LogP contribution in [0.1, 0.15) is 19.4 Å². The van der Waals surface area contributed by atoms with Crippen LogP contribution in [-0.4, -0.2) is 29.2 Å². The zero-order valence-electron chi connectivity index (χ0n) is 10.3. The molecule has 0 spiro atoms. The molecule has 4 N–H and O–H groups in total. The summed E-state index contributed by atoms with van der Waals surface area (Å²) in [6, 6.07) is 9.02. The lowest BCUT2D eigenvalue weighted by molar-refractivity contribution is -0.124. The zero-order chi connectivity index (χ0) is 12.9. The van der Waals surface area contributed by atoms with Crippen LogP contribution in [0.15, 0.2) is 30.3 Å². The molecule has 1 unspecified atom stereocenters. The Bertz CT molecular complexity index is 363. The fourth-order valence-electron chi connectivity index (χ4n) is 1.43. The summed E-state index contributed by atoms with van der Waals surface area (Å²) in [7, 11) is 0. The maximum atomic E-state index is 11.8. The van der Waals surface area contributed by atoms with E-state index in [1.807, 2.05) is 30.3 Å². The molecule has 0 aliphatic heterocycles. The predicted molar refractivity (Wildman–Crippen MR) is 67.4 cm³/mol. The molecule has 0 heterocycles. The van der Waals surface area contributed by atoms with Crippen LogP contribution < -0.4 is 11.1 Å². The van der Waals surface area contributed by atoms with E-state index >= 15 is 0 Å². The summed E-state index contributed by atoms with van der Waals surface area (Å²) >= 11 is 0. The van der Waals surface area contributed by atoms with E-state index in [9.17, 15) is 4.79 Å². The Morgan fingerprint density at radius 1 is 1.41 bits per heavy atom. The van der Waals surface area contributed by atoms with E-state index in [1.165, 1.54) is 0 Å². The number of hydrogen-bond acceptors (Lipinski definition) is 3. The van der Waals surface area contributed by atoms with Gasteiger partial charge in [-0.15, -0.1) is 0 Å². The van der Waals surface area contributed by atoms with Gasteiger partial charge in [-0.2, -0.15) is 0 Å². The molecule has 0 aromatic heterocycles. The van der Waals surface area contributed by atoms with Crippen molar-refractivity contribution < 1.29 is 9.90 Å². The molecule has 0 bridgehead atoms. The van der Waals surface area contributed by atoms with Gasteiger partial charge in [0.15, 0.2) is 0 Å². The maximum absolute atomic E-state index is 11.8. The highest BCUT2D eigenvalue weighted by Gasteiger charge is 2.22. The standard InChI is InChI=1S/C13H20N2O2/c1-13(2,9-16)15-12(17)11(14)8-10-6-4-3-5-7-10/h3-7,11,16H,8-9,14H2,1-2H3,(H,15,17). The maximum Gasteiger partial charge on any atom is 0.237 e.